The van der Waals surface area contributed by atoms with Crippen LogP contribution in [0.5, 0.6) is 0 Å². The highest BCUT2D eigenvalue weighted by Crippen LogP contribution is 2.61. The Labute approximate surface area is 167 Å². The quantitative estimate of drug-likeness (QED) is 0.182. The largest absolute Gasteiger partial charge is 0.205 e. The van der Waals surface area contributed by atoms with Crippen molar-refractivity contribution in [1.29, 1.82) is 0 Å². The van der Waals surface area contributed by atoms with Crippen molar-refractivity contribution in [2.24, 2.45) is 0 Å². The summed E-state index contributed by atoms with van der Waals surface area (Å²) in [5.74, 6) is 0. The van der Waals surface area contributed by atoms with Crippen molar-refractivity contribution in [2.75, 3.05) is 0 Å². The van der Waals surface area contributed by atoms with E-state index in [2.05, 4.69) is 118 Å². The van der Waals surface area contributed by atoms with Crippen molar-refractivity contribution < 1.29 is 0 Å². The Morgan fingerprint density at radius 3 is 1.05 bits per heavy atom. The lowest BCUT2D eigenvalue weighted by molar-refractivity contribution is 0.844. The Morgan fingerprint density at radius 2 is 0.850 bits per heavy atom. The molecule has 20 heavy (non-hydrogen) atoms. The van der Waals surface area contributed by atoms with Crippen molar-refractivity contribution in [2.45, 2.75) is 77.4 Å². The molecule has 0 saturated carbocycles. The summed E-state index contributed by atoms with van der Waals surface area (Å²) in [4.78, 5) is -3.42. The minimum atomic E-state index is -1.72. The minimum Gasteiger partial charge on any atom is -0.128 e. The molecule has 0 aliphatic carbocycles. The smallest absolute Gasteiger partial charge is 0.128 e. The number of rotatable bonds is 8. The average Bonchev–Trinajstić information content (AvgIpc) is 2.42. The summed E-state index contributed by atoms with van der Waals surface area (Å²) < 4.78 is 0. The van der Waals surface area contributed by atoms with Crippen LogP contribution >= 0.6 is 76.5 Å². The van der Waals surface area contributed by atoms with E-state index in [1.807, 2.05) is 0 Å². The molecule has 0 aromatic carbocycles. The van der Waals surface area contributed by atoms with E-state index >= 15 is 0 Å². The van der Waals surface area contributed by atoms with Crippen LogP contribution in [0.15, 0.2) is 0 Å². The lowest BCUT2D eigenvalue weighted by Crippen LogP contribution is -2.69. The third kappa shape index (κ3) is 4.17. The van der Waals surface area contributed by atoms with Crippen LogP contribution in [-0.2, 0) is 0 Å². The Kier molecular flexibility index (Phi) is 10.3. The molecule has 3 atom stereocenters. The summed E-state index contributed by atoms with van der Waals surface area (Å²) in [5, 5.41) is 0. The Bertz CT molecular complexity index is 289. The summed E-state index contributed by atoms with van der Waals surface area (Å²) in [5.41, 5.74) is 0.451. The molecule has 0 saturated heterocycles. The molecule has 122 valence electrons. The fourth-order valence-electron chi connectivity index (χ4n) is 2.39. The maximum Gasteiger partial charge on any atom is 0.205 e. The monoisotopic (exact) mass is 650 g/mol. The van der Waals surface area contributed by atoms with E-state index in [4.69, 9.17) is 0 Å². The van der Waals surface area contributed by atoms with Crippen molar-refractivity contribution in [1.82, 2.24) is 0 Å². The van der Waals surface area contributed by atoms with Crippen LogP contribution < -0.4 is 0 Å². The molecule has 0 radical (unpaired) electrons. The van der Waals surface area contributed by atoms with E-state index in [-0.39, 0.29) is 0 Å². The van der Waals surface area contributed by atoms with E-state index in [9.17, 15) is 0 Å². The molecule has 0 aliphatic rings. The molecule has 0 aliphatic heterocycles. The van der Waals surface area contributed by atoms with Gasteiger partial charge in [-0.05, 0) is 16.6 Å². The van der Waals surface area contributed by atoms with Crippen LogP contribution in [0.2, 0.25) is 16.6 Å². The van der Waals surface area contributed by atoms with Crippen LogP contribution in [0, 0.1) is 0 Å². The molecule has 0 rings (SSSR count). The molecular weight excluding hydrogens is 628 g/mol. The normalized spacial score (nSPS) is 21.1. The van der Waals surface area contributed by atoms with E-state index in [1.54, 1.807) is 0 Å². The molecule has 0 spiro atoms. The summed E-state index contributed by atoms with van der Waals surface area (Å²) in [6.45, 7) is 14.2. The maximum atomic E-state index is 4.41. The van der Waals surface area contributed by atoms with Gasteiger partial charge in [0.05, 0.1) is 0 Å². The first-order chi connectivity index (χ1) is 8.94. The van der Waals surface area contributed by atoms with E-state index in [1.165, 1.54) is 19.3 Å². The van der Waals surface area contributed by atoms with E-state index < -0.39 is 15.4 Å². The van der Waals surface area contributed by atoms with Gasteiger partial charge < -0.3 is 0 Å². The summed E-state index contributed by atoms with van der Waals surface area (Å²) in [6.07, 6.45) is 3.69. The molecular formula is C12H27Br5Si3. The molecule has 0 aromatic rings. The van der Waals surface area contributed by atoms with E-state index in [0.717, 1.165) is 5.54 Å². The predicted octanol–water partition coefficient (Wildman–Crippen LogP) is 8.35. The third-order valence-electron chi connectivity index (χ3n) is 4.72. The minimum absolute atomic E-state index is 0.716. The molecule has 0 nitrogen and oxygen atoms in total. The first kappa shape index (κ1) is 23.1. The molecule has 8 heteroatoms. The molecule has 3 unspecified atom stereocenters. The van der Waals surface area contributed by atoms with Crippen LogP contribution in [0.4, 0.5) is 0 Å². The van der Waals surface area contributed by atoms with Crippen LogP contribution in [-0.4, -0.2) is 15.4 Å². The van der Waals surface area contributed by atoms with Gasteiger partial charge in [0.2, 0.25) is 9.66 Å². The molecule has 0 aromatic heterocycles. The zero-order valence-electron chi connectivity index (χ0n) is 13.2. The summed E-state index contributed by atoms with van der Waals surface area (Å²) >= 11 is 21.4. The van der Waals surface area contributed by atoms with Crippen molar-refractivity contribution >= 4 is 91.9 Å². The predicted molar refractivity (Wildman–Crippen MR) is 121 cm³/mol. The van der Waals surface area contributed by atoms with Gasteiger partial charge >= 0.3 is 0 Å². The number of halogens is 5. The molecule has 0 heterocycles. The van der Waals surface area contributed by atoms with Crippen LogP contribution in [0.3, 0.4) is 0 Å². The standard InChI is InChI=1S/C12H27Br5Si3/c1-7-10(4)18(13,14)20(17,12(6)9-3)19(15,16)11(5)8-2/h10-12H,7-9H2,1-6H3. The van der Waals surface area contributed by atoms with Gasteiger partial charge in [0.1, 0.15) is 0 Å². The second-order valence-corrected chi connectivity index (χ2v) is 62.0. The Morgan fingerprint density at radius 1 is 0.600 bits per heavy atom. The zero-order chi connectivity index (χ0) is 16.4. The highest BCUT2D eigenvalue weighted by molar-refractivity contribution is 9.63. The van der Waals surface area contributed by atoms with Crippen LogP contribution in [0.25, 0.3) is 0 Å². The first-order valence-electron chi connectivity index (χ1n) is 7.39. The van der Waals surface area contributed by atoms with Gasteiger partial charge in [0, 0.05) is 0 Å². The van der Waals surface area contributed by atoms with Gasteiger partial charge in [0.15, 0.2) is 5.73 Å². The van der Waals surface area contributed by atoms with Gasteiger partial charge in [-0.1, -0.05) is 60.8 Å². The van der Waals surface area contributed by atoms with Crippen LogP contribution in [0.1, 0.15) is 60.8 Å². The van der Waals surface area contributed by atoms with Gasteiger partial charge in [-0.15, -0.1) is 76.5 Å². The highest BCUT2D eigenvalue weighted by atomic mass is 79.9. The molecule has 0 N–H and O–H groups in total. The first-order valence-corrected chi connectivity index (χ1v) is 26.9. The second kappa shape index (κ2) is 8.95. The summed E-state index contributed by atoms with van der Waals surface area (Å²) in [6, 6.07) is 0. The van der Waals surface area contributed by atoms with Gasteiger partial charge in [-0.25, -0.2) is 0 Å². The topological polar surface area (TPSA) is 0 Å². The highest BCUT2D eigenvalue weighted by Gasteiger charge is 2.68. The lowest BCUT2D eigenvalue weighted by atomic mass is 10.4. The van der Waals surface area contributed by atoms with Crippen molar-refractivity contribution in [3.8, 4) is 0 Å². The number of hydrogen-bond acceptors (Lipinski definition) is 0. The average molecular weight is 655 g/mol. The second-order valence-electron chi connectivity index (χ2n) is 5.89. The SMILES string of the molecule is CCC(C)[Si](Br)(Br)[Si](Br)(C(C)CC)[Si](Br)(Br)C(C)CC. The van der Waals surface area contributed by atoms with Gasteiger partial charge in [0.25, 0.3) is 0 Å². The maximum absolute atomic E-state index is 4.41. The van der Waals surface area contributed by atoms with Gasteiger partial charge in [-0.3, -0.25) is 0 Å². The fourth-order valence-corrected chi connectivity index (χ4v) is 116. The fraction of sp³-hybridized carbons (Fsp3) is 1.00. The molecule has 0 fully saturated rings. The van der Waals surface area contributed by atoms with E-state index in [0.29, 0.717) is 11.1 Å². The zero-order valence-corrected chi connectivity index (χ0v) is 24.2. The Hall–Kier alpha value is 3.05. The van der Waals surface area contributed by atoms with Gasteiger partial charge in [-0.2, -0.15) is 0 Å². The third-order valence-corrected chi connectivity index (χ3v) is 108. The number of hydrogen-bond donors (Lipinski definition) is 0. The molecule has 0 amide bonds. The lowest BCUT2D eigenvalue weighted by Gasteiger charge is -2.50. The van der Waals surface area contributed by atoms with Crippen molar-refractivity contribution in [3.63, 3.8) is 0 Å². The Balaban J connectivity index is 6.00. The van der Waals surface area contributed by atoms with Crippen molar-refractivity contribution in [3.05, 3.63) is 0 Å². The summed E-state index contributed by atoms with van der Waals surface area (Å²) in [7, 11) is 0. The molecule has 0 bridgehead atoms.